The van der Waals surface area contributed by atoms with Crippen molar-refractivity contribution in [1.82, 2.24) is 5.32 Å². The van der Waals surface area contributed by atoms with Crippen LogP contribution < -0.4 is 10.6 Å². The maximum atomic E-state index is 11.7. The van der Waals surface area contributed by atoms with Crippen LogP contribution in [0.3, 0.4) is 0 Å². The van der Waals surface area contributed by atoms with Gasteiger partial charge in [-0.05, 0) is 24.1 Å². The van der Waals surface area contributed by atoms with E-state index in [1.807, 2.05) is 0 Å². The van der Waals surface area contributed by atoms with Crippen molar-refractivity contribution in [2.75, 3.05) is 18.5 Å². The Morgan fingerprint density at radius 2 is 2.29 bits per heavy atom. The first-order valence-electron chi connectivity index (χ1n) is 5.52. The maximum Gasteiger partial charge on any atom is 0.251 e. The number of amides is 2. The Morgan fingerprint density at radius 1 is 1.47 bits per heavy atom. The van der Waals surface area contributed by atoms with Crippen molar-refractivity contribution in [2.45, 2.75) is 12.8 Å². The summed E-state index contributed by atoms with van der Waals surface area (Å²) in [7, 11) is 0. The van der Waals surface area contributed by atoms with E-state index < -0.39 is 0 Å². The van der Waals surface area contributed by atoms with E-state index in [1.54, 1.807) is 18.2 Å². The van der Waals surface area contributed by atoms with Crippen molar-refractivity contribution in [3.8, 4) is 0 Å². The Hall–Kier alpha value is -1.88. The Balaban J connectivity index is 2.05. The number of hydrogen-bond donors (Lipinski definition) is 3. The third-order valence-electron chi connectivity index (χ3n) is 2.62. The number of fused-ring (bicyclic) bond motifs is 1. The van der Waals surface area contributed by atoms with Crippen molar-refractivity contribution in [1.29, 1.82) is 0 Å². The summed E-state index contributed by atoms with van der Waals surface area (Å²) in [5.41, 5.74) is 2.15. The zero-order valence-electron chi connectivity index (χ0n) is 9.32. The highest BCUT2D eigenvalue weighted by molar-refractivity contribution is 6.02. The van der Waals surface area contributed by atoms with Gasteiger partial charge in [0.1, 0.15) is 0 Å². The molecular weight excluding hydrogens is 220 g/mol. The molecule has 0 saturated heterocycles. The van der Waals surface area contributed by atoms with Gasteiger partial charge in [0, 0.05) is 24.4 Å². The molecule has 0 aliphatic carbocycles. The maximum absolute atomic E-state index is 11.7. The summed E-state index contributed by atoms with van der Waals surface area (Å²) >= 11 is 0. The Morgan fingerprint density at radius 3 is 3.06 bits per heavy atom. The highest BCUT2D eigenvalue weighted by Gasteiger charge is 2.18. The number of carbonyl (C=O) groups excluding carboxylic acids is 2. The summed E-state index contributed by atoms with van der Waals surface area (Å²) in [5.74, 6) is -0.236. The van der Waals surface area contributed by atoms with Gasteiger partial charge in [-0.3, -0.25) is 9.59 Å². The second kappa shape index (κ2) is 4.97. The predicted octanol–water partition coefficient (Wildman–Crippen LogP) is 0.293. The average molecular weight is 234 g/mol. The van der Waals surface area contributed by atoms with Gasteiger partial charge in [0.15, 0.2) is 0 Å². The summed E-state index contributed by atoms with van der Waals surface area (Å²) in [4.78, 5) is 22.8. The van der Waals surface area contributed by atoms with Gasteiger partial charge in [-0.25, -0.2) is 0 Å². The Labute approximate surface area is 98.8 Å². The summed E-state index contributed by atoms with van der Waals surface area (Å²) in [5, 5.41) is 14.0. The molecule has 0 aromatic heterocycles. The molecule has 3 N–H and O–H groups in total. The minimum absolute atomic E-state index is 0.0437. The fourth-order valence-electron chi connectivity index (χ4n) is 1.74. The average Bonchev–Trinajstić information content (AvgIpc) is 2.68. The third-order valence-corrected chi connectivity index (χ3v) is 2.62. The van der Waals surface area contributed by atoms with Gasteiger partial charge in [0.2, 0.25) is 5.91 Å². The fraction of sp³-hybridized carbons (Fsp3) is 0.333. The van der Waals surface area contributed by atoms with Crippen molar-refractivity contribution in [3.05, 3.63) is 29.3 Å². The van der Waals surface area contributed by atoms with E-state index in [2.05, 4.69) is 10.6 Å². The lowest BCUT2D eigenvalue weighted by molar-refractivity contribution is -0.115. The van der Waals surface area contributed by atoms with Crippen LogP contribution in [0.25, 0.3) is 0 Å². The largest absolute Gasteiger partial charge is 0.396 e. The second-order valence-corrected chi connectivity index (χ2v) is 3.93. The molecule has 1 heterocycles. The van der Waals surface area contributed by atoms with Crippen molar-refractivity contribution < 1.29 is 14.7 Å². The van der Waals surface area contributed by atoms with Crippen LogP contribution in [-0.4, -0.2) is 30.1 Å². The molecule has 1 aliphatic rings. The van der Waals surface area contributed by atoms with Crippen molar-refractivity contribution in [3.63, 3.8) is 0 Å². The number of nitrogens with one attached hydrogen (secondary N) is 2. The zero-order valence-corrected chi connectivity index (χ0v) is 9.32. The summed E-state index contributed by atoms with van der Waals surface area (Å²) in [6.07, 6.45) is 0.912. The molecule has 17 heavy (non-hydrogen) atoms. The number of anilines is 1. The van der Waals surface area contributed by atoms with E-state index >= 15 is 0 Å². The van der Waals surface area contributed by atoms with Crippen LogP contribution in [0.1, 0.15) is 22.3 Å². The summed E-state index contributed by atoms with van der Waals surface area (Å²) < 4.78 is 0. The van der Waals surface area contributed by atoms with Crippen LogP contribution in [0, 0.1) is 0 Å². The lowest BCUT2D eigenvalue weighted by atomic mass is 10.1. The lowest BCUT2D eigenvalue weighted by Crippen LogP contribution is -2.25. The Kier molecular flexibility index (Phi) is 3.39. The first-order chi connectivity index (χ1) is 8.20. The minimum atomic E-state index is -0.192. The minimum Gasteiger partial charge on any atom is -0.396 e. The van der Waals surface area contributed by atoms with Gasteiger partial charge in [-0.1, -0.05) is 6.07 Å². The van der Waals surface area contributed by atoms with Gasteiger partial charge in [-0.2, -0.15) is 0 Å². The molecule has 5 nitrogen and oxygen atoms in total. The molecule has 1 aliphatic heterocycles. The monoisotopic (exact) mass is 234 g/mol. The van der Waals surface area contributed by atoms with E-state index in [0.717, 1.165) is 5.56 Å². The van der Waals surface area contributed by atoms with Crippen LogP contribution in [-0.2, 0) is 11.2 Å². The number of benzene rings is 1. The van der Waals surface area contributed by atoms with Crippen LogP contribution in [0.2, 0.25) is 0 Å². The van der Waals surface area contributed by atoms with Gasteiger partial charge in [-0.15, -0.1) is 0 Å². The summed E-state index contributed by atoms with van der Waals surface area (Å²) in [6.45, 7) is 0.499. The van der Waals surface area contributed by atoms with Crippen LogP contribution in [0.4, 0.5) is 5.69 Å². The lowest BCUT2D eigenvalue weighted by Gasteiger charge is -2.05. The number of rotatable bonds is 4. The molecule has 90 valence electrons. The second-order valence-electron chi connectivity index (χ2n) is 3.93. The number of carbonyl (C=O) groups is 2. The van der Waals surface area contributed by atoms with Crippen molar-refractivity contribution in [2.24, 2.45) is 0 Å². The first kappa shape index (κ1) is 11.6. The molecule has 0 bridgehead atoms. The van der Waals surface area contributed by atoms with E-state index in [9.17, 15) is 9.59 Å². The highest BCUT2D eigenvalue weighted by Crippen LogP contribution is 2.23. The molecular formula is C12H14N2O3. The molecule has 5 heteroatoms. The predicted molar refractivity (Wildman–Crippen MR) is 62.8 cm³/mol. The SMILES string of the molecule is O=C1Cc2ccc(C(=O)NCCCO)cc2N1. The first-order valence-corrected chi connectivity index (χ1v) is 5.52. The molecule has 1 aromatic carbocycles. The quantitative estimate of drug-likeness (QED) is 0.655. The molecule has 0 spiro atoms. The fourth-order valence-corrected chi connectivity index (χ4v) is 1.74. The summed E-state index contributed by atoms with van der Waals surface area (Å²) in [6, 6.07) is 5.16. The van der Waals surface area contributed by atoms with Gasteiger partial charge in [0.25, 0.3) is 5.91 Å². The van der Waals surface area contributed by atoms with Crippen molar-refractivity contribution >= 4 is 17.5 Å². The standard InChI is InChI=1S/C12H14N2O3/c15-5-1-4-13-12(17)9-3-2-8-7-11(16)14-10(8)6-9/h2-3,6,15H,1,4-5,7H2,(H,13,17)(H,14,16). The molecule has 1 aromatic rings. The number of aliphatic hydroxyl groups excluding tert-OH is 1. The normalized spacial score (nSPS) is 13.1. The molecule has 2 rings (SSSR count). The van der Waals surface area contributed by atoms with E-state index in [-0.39, 0.29) is 18.4 Å². The van der Waals surface area contributed by atoms with Gasteiger partial charge in [0.05, 0.1) is 6.42 Å². The van der Waals surface area contributed by atoms with E-state index in [1.165, 1.54) is 0 Å². The van der Waals surface area contributed by atoms with E-state index in [0.29, 0.717) is 30.6 Å². The Bertz CT molecular complexity index is 457. The topological polar surface area (TPSA) is 78.4 Å². The van der Waals surface area contributed by atoms with Crippen LogP contribution >= 0.6 is 0 Å². The number of hydrogen-bond acceptors (Lipinski definition) is 3. The number of aliphatic hydroxyl groups is 1. The molecule has 0 unspecified atom stereocenters. The van der Waals surface area contributed by atoms with Gasteiger partial charge < -0.3 is 15.7 Å². The van der Waals surface area contributed by atoms with E-state index in [4.69, 9.17) is 5.11 Å². The molecule has 0 fully saturated rings. The molecule has 0 saturated carbocycles. The van der Waals surface area contributed by atoms with Crippen LogP contribution in [0.5, 0.6) is 0 Å². The van der Waals surface area contributed by atoms with Crippen LogP contribution in [0.15, 0.2) is 18.2 Å². The van der Waals surface area contributed by atoms with Gasteiger partial charge >= 0.3 is 0 Å². The molecule has 0 radical (unpaired) electrons. The zero-order chi connectivity index (χ0) is 12.3. The molecule has 2 amide bonds. The smallest absolute Gasteiger partial charge is 0.251 e. The molecule has 0 atom stereocenters. The highest BCUT2D eigenvalue weighted by atomic mass is 16.3. The third kappa shape index (κ3) is 2.62.